The van der Waals surface area contributed by atoms with Gasteiger partial charge in [-0.3, -0.25) is 9.97 Å². The molecule has 0 aliphatic heterocycles. The van der Waals surface area contributed by atoms with Crippen molar-refractivity contribution in [2.45, 2.75) is 44.2 Å². The van der Waals surface area contributed by atoms with E-state index in [1.807, 2.05) is 24.3 Å². The van der Waals surface area contributed by atoms with Crippen LogP contribution in [0, 0.1) is 17.1 Å². The highest BCUT2D eigenvalue weighted by Crippen LogP contribution is 2.37. The minimum absolute atomic E-state index is 0.276. The van der Waals surface area contributed by atoms with Crippen LogP contribution in [0.4, 0.5) is 15.8 Å². The molecule has 10 heteroatoms. The minimum atomic E-state index is -1.62. The summed E-state index contributed by atoms with van der Waals surface area (Å²) in [5.41, 5.74) is 3.33. The minimum Gasteiger partial charge on any atom is -0.382 e. The number of rotatable bonds is 9. The summed E-state index contributed by atoms with van der Waals surface area (Å²) < 4.78 is 25.2. The summed E-state index contributed by atoms with van der Waals surface area (Å²) in [5, 5.41) is 26.2. The highest BCUT2D eigenvalue weighted by molar-refractivity contribution is 6.35. The molecule has 1 aliphatic rings. The number of fused-ring (bicyclic) bond motifs is 1. The van der Waals surface area contributed by atoms with Gasteiger partial charge in [0.15, 0.2) is 0 Å². The molecule has 8 nitrogen and oxygen atoms in total. The molecule has 0 saturated heterocycles. The molecule has 1 unspecified atom stereocenters. The molecule has 0 spiro atoms. The van der Waals surface area contributed by atoms with Crippen molar-refractivity contribution in [3.63, 3.8) is 0 Å². The Morgan fingerprint density at radius 3 is 2.71 bits per heavy atom. The number of hydrogen-bond donors (Lipinski definition) is 2. The molecule has 206 valence electrons. The van der Waals surface area contributed by atoms with Crippen molar-refractivity contribution in [2.24, 2.45) is 0 Å². The van der Waals surface area contributed by atoms with Crippen LogP contribution in [0.3, 0.4) is 0 Å². The number of halogens is 2. The Kier molecular flexibility index (Phi) is 6.69. The van der Waals surface area contributed by atoms with Gasteiger partial charge in [0.25, 0.3) is 0 Å². The fraction of sp³-hybridized carbons (Fsp3) is 0.258. The molecule has 3 aromatic heterocycles. The lowest BCUT2D eigenvalue weighted by Gasteiger charge is -2.26. The zero-order valence-electron chi connectivity index (χ0n) is 23.6. The van der Waals surface area contributed by atoms with E-state index in [1.165, 1.54) is 18.3 Å². The molecule has 1 atom stereocenters. The highest BCUT2D eigenvalue weighted by Gasteiger charge is 2.27. The fourth-order valence-electron chi connectivity index (χ4n) is 4.72. The highest BCUT2D eigenvalue weighted by atomic mass is 35.5. The molecule has 6 rings (SSSR count). The molecule has 2 aromatic carbocycles. The summed E-state index contributed by atoms with van der Waals surface area (Å²) in [6, 6.07) is 15.9. The van der Waals surface area contributed by atoms with Crippen LogP contribution in [0.15, 0.2) is 73.2 Å². The number of nitriles is 1. The summed E-state index contributed by atoms with van der Waals surface area (Å²) >= 11 is 6.75. The van der Waals surface area contributed by atoms with Gasteiger partial charge in [0, 0.05) is 41.1 Å². The molecule has 0 bridgehead atoms. The predicted molar refractivity (Wildman–Crippen MR) is 157 cm³/mol. The molecular weight excluding hydrogens is 539 g/mol. The quantitative estimate of drug-likeness (QED) is 0.201. The van der Waals surface area contributed by atoms with Crippen LogP contribution in [0.1, 0.15) is 62.6 Å². The van der Waals surface area contributed by atoms with E-state index in [9.17, 15) is 11.0 Å². The van der Waals surface area contributed by atoms with Gasteiger partial charge in [0.2, 0.25) is 0 Å². The molecule has 3 heterocycles. The van der Waals surface area contributed by atoms with Crippen LogP contribution < -0.4 is 10.6 Å². The molecule has 0 radical (unpaired) electrons. The van der Waals surface area contributed by atoms with E-state index >= 15 is 0 Å². The van der Waals surface area contributed by atoms with Gasteiger partial charge in [-0.15, -0.1) is 5.10 Å². The molecule has 1 aliphatic carbocycles. The average molecular weight is 568 g/mol. The van der Waals surface area contributed by atoms with Gasteiger partial charge in [-0.25, -0.2) is 9.07 Å². The predicted octanol–water partition coefficient (Wildman–Crippen LogP) is 6.81. The van der Waals surface area contributed by atoms with Crippen LogP contribution in [-0.4, -0.2) is 31.5 Å². The van der Waals surface area contributed by atoms with Gasteiger partial charge >= 0.3 is 0 Å². The molecule has 1 saturated carbocycles. The van der Waals surface area contributed by atoms with Crippen molar-refractivity contribution < 1.29 is 5.76 Å². The molecular formula is C31H28ClFN8. The van der Waals surface area contributed by atoms with Crippen LogP contribution in [0.25, 0.3) is 10.9 Å². The topological polar surface area (TPSA) is 104 Å². The first kappa shape index (κ1) is 25.4. The second-order valence-corrected chi connectivity index (χ2v) is 11.2. The maximum atomic E-state index is 13.9. The Hall–Kier alpha value is -4.55. The van der Waals surface area contributed by atoms with E-state index in [0.29, 0.717) is 50.7 Å². The summed E-state index contributed by atoms with van der Waals surface area (Å²) in [6.07, 6.45) is 7.04. The smallest absolute Gasteiger partial charge is 0.123 e. The lowest BCUT2D eigenvalue weighted by Crippen LogP contribution is -2.29. The van der Waals surface area contributed by atoms with Crippen molar-refractivity contribution in [1.82, 2.24) is 25.0 Å². The standard InChI is InChI=1S/C31H28ClFN8/c1-31(2,27-5-3-4-12-35-27)18-37-28-20(15-34)16-36-30-24(28)13-22(14-25(30)32)38-29(19-6-8-21(33)9-7-19)26-17-41(40-39-26)23-10-11-23/h3-9,12-14,16-17,23,29,38H,10-11,18H2,1-2H3,(H,36,37)/i29D. The number of nitrogens with zero attached hydrogens (tertiary/aromatic N) is 6. The SMILES string of the molecule is [2H]C(Nc1cc(Cl)c2ncc(C#N)c(NCC(C)(C)c3ccccn3)c2c1)(c1ccc(F)cc1)c1cn(C2CC2)nn1. The number of pyridine rings is 2. The van der Waals surface area contributed by atoms with Crippen molar-refractivity contribution >= 4 is 33.9 Å². The summed E-state index contributed by atoms with van der Waals surface area (Å²) in [5.74, 6) is -0.407. The van der Waals surface area contributed by atoms with E-state index in [4.69, 9.17) is 11.6 Å². The third-order valence-electron chi connectivity index (χ3n) is 7.20. The lowest BCUT2D eigenvalue weighted by atomic mass is 9.88. The Labute approximate surface area is 243 Å². The zero-order valence-corrected chi connectivity index (χ0v) is 23.3. The van der Waals surface area contributed by atoms with Crippen LogP contribution in [0.2, 0.25) is 5.02 Å². The average Bonchev–Trinajstić information content (AvgIpc) is 3.72. The third kappa shape index (κ3) is 5.56. The van der Waals surface area contributed by atoms with E-state index in [0.717, 1.165) is 18.5 Å². The number of hydrogen-bond acceptors (Lipinski definition) is 7. The maximum absolute atomic E-state index is 13.9. The van der Waals surface area contributed by atoms with Crippen LogP contribution in [-0.2, 0) is 5.41 Å². The summed E-state index contributed by atoms with van der Waals surface area (Å²) in [4.78, 5) is 8.97. The summed E-state index contributed by atoms with van der Waals surface area (Å²) in [6.45, 7) is 4.63. The Morgan fingerprint density at radius 1 is 1.20 bits per heavy atom. The number of anilines is 2. The monoisotopic (exact) mass is 567 g/mol. The molecule has 41 heavy (non-hydrogen) atoms. The first-order valence-electron chi connectivity index (χ1n) is 13.8. The normalized spacial score (nSPS) is 15.1. The number of benzene rings is 2. The first-order chi connectivity index (χ1) is 20.2. The van der Waals surface area contributed by atoms with Gasteiger partial charge in [0.05, 0.1) is 41.4 Å². The fourth-order valence-corrected chi connectivity index (χ4v) is 4.99. The lowest BCUT2D eigenvalue weighted by molar-refractivity contribution is 0.538. The second kappa shape index (κ2) is 10.8. The summed E-state index contributed by atoms with van der Waals surface area (Å²) in [7, 11) is 0. The van der Waals surface area contributed by atoms with Crippen molar-refractivity contribution in [2.75, 3.05) is 17.2 Å². The van der Waals surface area contributed by atoms with Gasteiger partial charge in [-0.05, 0) is 54.8 Å². The Bertz CT molecular complexity index is 1800. The molecule has 1 fully saturated rings. The van der Waals surface area contributed by atoms with Crippen LogP contribution >= 0.6 is 11.6 Å². The van der Waals surface area contributed by atoms with Gasteiger partial charge in [-0.2, -0.15) is 5.26 Å². The van der Waals surface area contributed by atoms with Crippen LogP contribution in [0.5, 0.6) is 0 Å². The first-order valence-corrected chi connectivity index (χ1v) is 13.7. The Balaban J connectivity index is 1.41. The van der Waals surface area contributed by atoms with E-state index < -0.39 is 11.8 Å². The van der Waals surface area contributed by atoms with E-state index in [-0.39, 0.29) is 11.5 Å². The maximum Gasteiger partial charge on any atom is 0.123 e. The van der Waals surface area contributed by atoms with E-state index in [2.05, 4.69) is 50.8 Å². The largest absolute Gasteiger partial charge is 0.382 e. The van der Waals surface area contributed by atoms with Gasteiger partial charge < -0.3 is 10.6 Å². The second-order valence-electron chi connectivity index (χ2n) is 10.8. The van der Waals surface area contributed by atoms with E-state index in [1.54, 1.807) is 35.3 Å². The number of aromatic nitrogens is 5. The van der Waals surface area contributed by atoms with Crippen molar-refractivity contribution in [1.29, 1.82) is 5.26 Å². The van der Waals surface area contributed by atoms with Gasteiger partial charge in [0.1, 0.15) is 17.6 Å². The third-order valence-corrected chi connectivity index (χ3v) is 7.49. The zero-order chi connectivity index (χ0) is 29.5. The van der Waals surface area contributed by atoms with Crippen molar-refractivity contribution in [3.8, 4) is 6.07 Å². The van der Waals surface area contributed by atoms with Crippen molar-refractivity contribution in [3.05, 3.63) is 107 Å². The number of nitrogens with one attached hydrogen (secondary N) is 2. The molecule has 0 amide bonds. The van der Waals surface area contributed by atoms with Gasteiger partial charge in [-0.1, -0.05) is 48.9 Å². The Morgan fingerprint density at radius 2 is 2.00 bits per heavy atom. The molecule has 2 N–H and O–H groups in total. The molecule has 5 aromatic rings.